The van der Waals surface area contributed by atoms with Crippen molar-refractivity contribution in [3.05, 3.63) is 35.9 Å². The van der Waals surface area contributed by atoms with Crippen molar-refractivity contribution in [1.82, 2.24) is 5.32 Å². The first-order valence-electron chi connectivity index (χ1n) is 8.82. The molecule has 5 nitrogen and oxygen atoms in total. The van der Waals surface area contributed by atoms with Crippen molar-refractivity contribution >= 4 is 34.5 Å². The molecule has 25 heavy (non-hydrogen) atoms. The van der Waals surface area contributed by atoms with E-state index in [-0.39, 0.29) is 15.9 Å². The van der Waals surface area contributed by atoms with E-state index in [4.69, 9.17) is 9.47 Å². The first-order valence-corrected chi connectivity index (χ1v) is 10.1. The molecule has 1 atom stereocenters. The highest BCUT2D eigenvalue weighted by Crippen LogP contribution is 2.35. The van der Waals surface area contributed by atoms with Crippen LogP contribution in [0, 0.1) is 0 Å². The molecule has 0 radical (unpaired) electrons. The monoisotopic (exact) mass is 459 g/mol. The Labute approximate surface area is 163 Å². The van der Waals surface area contributed by atoms with Crippen molar-refractivity contribution in [3.8, 4) is 0 Å². The summed E-state index contributed by atoms with van der Waals surface area (Å²) in [6, 6.07) is 10.00. The zero-order valence-electron chi connectivity index (χ0n) is 14.6. The van der Waals surface area contributed by atoms with Gasteiger partial charge in [0.05, 0.1) is 6.61 Å². The third kappa shape index (κ3) is 6.26. The maximum Gasteiger partial charge on any atom is 0.318 e. The molecule has 1 N–H and O–H groups in total. The standard InChI is InChI=1S/C19H26INO4/c1-15(20)18(23)24-14-6-5-9-17(22)25-19(10-12-21-13-11-19)16-7-3-2-4-8-16/h2-4,7-8,15,21H,5-6,9-14H2,1H3. The molecule has 0 aliphatic carbocycles. The molecule has 0 aromatic heterocycles. The predicted molar refractivity (Wildman–Crippen MR) is 105 cm³/mol. The minimum atomic E-state index is -0.521. The normalized spacial score (nSPS) is 17.5. The predicted octanol–water partition coefficient (Wildman–Crippen LogP) is 3.35. The molecule has 1 heterocycles. The van der Waals surface area contributed by atoms with E-state index in [1.54, 1.807) is 6.92 Å². The van der Waals surface area contributed by atoms with Crippen molar-refractivity contribution in [2.45, 2.75) is 48.6 Å². The topological polar surface area (TPSA) is 64.6 Å². The van der Waals surface area contributed by atoms with E-state index in [2.05, 4.69) is 5.32 Å². The molecule has 1 aromatic rings. The Kier molecular flexibility index (Phi) is 8.15. The minimum absolute atomic E-state index is 0.145. The lowest BCUT2D eigenvalue weighted by molar-refractivity contribution is -0.164. The number of rotatable bonds is 8. The molecule has 1 unspecified atom stereocenters. The Hall–Kier alpha value is -1.15. The van der Waals surface area contributed by atoms with Gasteiger partial charge in [-0.3, -0.25) is 9.59 Å². The lowest BCUT2D eigenvalue weighted by Gasteiger charge is -2.37. The summed E-state index contributed by atoms with van der Waals surface area (Å²) in [5.41, 5.74) is 0.544. The van der Waals surface area contributed by atoms with Crippen LogP contribution in [0.25, 0.3) is 0 Å². The molecule has 138 valence electrons. The van der Waals surface area contributed by atoms with Gasteiger partial charge in [-0.1, -0.05) is 52.9 Å². The summed E-state index contributed by atoms with van der Waals surface area (Å²) in [5.74, 6) is -0.389. The summed E-state index contributed by atoms with van der Waals surface area (Å²) < 4.78 is 10.9. The first-order chi connectivity index (χ1) is 12.0. The van der Waals surface area contributed by atoms with Crippen LogP contribution in [0.15, 0.2) is 30.3 Å². The number of alkyl halides is 1. The van der Waals surface area contributed by atoms with Crippen molar-refractivity contribution in [2.24, 2.45) is 0 Å². The van der Waals surface area contributed by atoms with Gasteiger partial charge in [-0.05, 0) is 38.4 Å². The van der Waals surface area contributed by atoms with Crippen LogP contribution in [0.2, 0.25) is 0 Å². The highest BCUT2D eigenvalue weighted by atomic mass is 127. The molecule has 0 saturated carbocycles. The van der Waals surface area contributed by atoms with Gasteiger partial charge in [0.15, 0.2) is 0 Å². The number of halogens is 1. The molecule has 0 spiro atoms. The second-order valence-electron chi connectivity index (χ2n) is 6.32. The van der Waals surface area contributed by atoms with E-state index >= 15 is 0 Å². The second-order valence-corrected chi connectivity index (χ2v) is 8.19. The van der Waals surface area contributed by atoms with Gasteiger partial charge < -0.3 is 14.8 Å². The molecular formula is C19H26INO4. The van der Waals surface area contributed by atoms with Crippen LogP contribution < -0.4 is 5.32 Å². The number of piperidine rings is 1. The number of carbonyl (C=O) groups is 2. The Morgan fingerprint density at radius 3 is 2.52 bits per heavy atom. The number of benzene rings is 1. The SMILES string of the molecule is CC(I)C(=O)OCCCCC(=O)OC1(c2ccccc2)CCNCC1. The minimum Gasteiger partial charge on any atom is -0.465 e. The van der Waals surface area contributed by atoms with Crippen molar-refractivity contribution in [3.63, 3.8) is 0 Å². The van der Waals surface area contributed by atoms with Gasteiger partial charge in [-0.15, -0.1) is 0 Å². The lowest BCUT2D eigenvalue weighted by atomic mass is 9.84. The molecule has 1 saturated heterocycles. The maximum atomic E-state index is 12.3. The Morgan fingerprint density at radius 2 is 1.88 bits per heavy atom. The molecule has 1 aliphatic rings. The van der Waals surface area contributed by atoms with Gasteiger partial charge in [0.1, 0.15) is 9.53 Å². The zero-order valence-corrected chi connectivity index (χ0v) is 16.8. The van der Waals surface area contributed by atoms with E-state index in [9.17, 15) is 9.59 Å². The number of unbranched alkanes of at least 4 members (excludes halogenated alkanes) is 1. The fourth-order valence-corrected chi connectivity index (χ4v) is 3.13. The summed E-state index contributed by atoms with van der Waals surface area (Å²) in [6.45, 7) is 3.83. The smallest absolute Gasteiger partial charge is 0.318 e. The average molecular weight is 459 g/mol. The van der Waals surface area contributed by atoms with Crippen LogP contribution in [0.3, 0.4) is 0 Å². The fraction of sp³-hybridized carbons (Fsp3) is 0.579. The molecular weight excluding hydrogens is 433 g/mol. The van der Waals surface area contributed by atoms with Gasteiger partial charge in [0.25, 0.3) is 0 Å². The van der Waals surface area contributed by atoms with E-state index in [0.29, 0.717) is 25.9 Å². The highest BCUT2D eigenvalue weighted by Gasteiger charge is 2.37. The molecule has 1 fully saturated rings. The number of nitrogens with one attached hydrogen (secondary N) is 1. The van der Waals surface area contributed by atoms with Crippen LogP contribution >= 0.6 is 22.6 Å². The summed E-state index contributed by atoms with van der Waals surface area (Å²) in [6.07, 6.45) is 3.25. The van der Waals surface area contributed by atoms with Crippen molar-refractivity contribution < 1.29 is 19.1 Å². The number of ether oxygens (including phenoxy) is 2. The summed E-state index contributed by atoms with van der Waals surface area (Å²) in [4.78, 5) is 23.7. The van der Waals surface area contributed by atoms with Gasteiger partial charge in [0.2, 0.25) is 0 Å². The fourth-order valence-electron chi connectivity index (χ4n) is 2.95. The Balaban J connectivity index is 1.81. The van der Waals surface area contributed by atoms with Gasteiger partial charge in [-0.2, -0.15) is 0 Å². The average Bonchev–Trinajstić information content (AvgIpc) is 2.62. The lowest BCUT2D eigenvalue weighted by Crippen LogP contribution is -2.43. The van der Waals surface area contributed by atoms with Gasteiger partial charge in [-0.25, -0.2) is 0 Å². The van der Waals surface area contributed by atoms with Crippen LogP contribution in [-0.2, 0) is 24.7 Å². The molecule has 0 bridgehead atoms. The van der Waals surface area contributed by atoms with Crippen LogP contribution in [0.4, 0.5) is 0 Å². The van der Waals surface area contributed by atoms with Crippen molar-refractivity contribution in [1.29, 1.82) is 0 Å². The highest BCUT2D eigenvalue weighted by molar-refractivity contribution is 14.1. The largest absolute Gasteiger partial charge is 0.465 e. The summed E-state index contributed by atoms with van der Waals surface area (Å²) >= 11 is 2.02. The second kappa shape index (κ2) is 10.1. The maximum absolute atomic E-state index is 12.3. The molecule has 6 heteroatoms. The van der Waals surface area contributed by atoms with E-state index in [1.165, 1.54) is 0 Å². The molecule has 1 aliphatic heterocycles. The number of esters is 2. The first kappa shape index (κ1) is 20.2. The van der Waals surface area contributed by atoms with Gasteiger partial charge >= 0.3 is 11.9 Å². The Morgan fingerprint density at radius 1 is 1.20 bits per heavy atom. The third-order valence-corrected chi connectivity index (χ3v) is 4.87. The Bertz CT molecular complexity index is 556. The molecule has 2 rings (SSSR count). The van der Waals surface area contributed by atoms with E-state index in [0.717, 1.165) is 31.5 Å². The van der Waals surface area contributed by atoms with Crippen LogP contribution in [0.1, 0.15) is 44.6 Å². The summed E-state index contributed by atoms with van der Waals surface area (Å²) in [5, 5.41) is 3.32. The van der Waals surface area contributed by atoms with Gasteiger partial charge in [0, 0.05) is 19.3 Å². The van der Waals surface area contributed by atoms with E-state index in [1.807, 2.05) is 52.9 Å². The number of carbonyl (C=O) groups excluding carboxylic acids is 2. The van der Waals surface area contributed by atoms with Crippen LogP contribution in [-0.4, -0.2) is 35.6 Å². The van der Waals surface area contributed by atoms with Crippen LogP contribution in [0.5, 0.6) is 0 Å². The zero-order chi connectivity index (χ0) is 18.1. The third-order valence-electron chi connectivity index (χ3n) is 4.36. The van der Waals surface area contributed by atoms with E-state index < -0.39 is 5.60 Å². The quantitative estimate of drug-likeness (QED) is 0.280. The number of hydrogen-bond acceptors (Lipinski definition) is 5. The van der Waals surface area contributed by atoms with Crippen molar-refractivity contribution in [2.75, 3.05) is 19.7 Å². The molecule has 1 aromatic carbocycles. The molecule has 0 amide bonds. The number of hydrogen-bond donors (Lipinski definition) is 1. The summed E-state index contributed by atoms with van der Waals surface area (Å²) in [7, 11) is 0.